The smallest absolute Gasteiger partial charge is 0.282 e. The number of carbonyl (C=O) groups excluding carboxylic acids is 2. The Morgan fingerprint density at radius 1 is 0.448 bits per heavy atom. The van der Waals surface area contributed by atoms with Crippen LogP contribution in [0.2, 0.25) is 25.1 Å². The average Bonchev–Trinajstić information content (AvgIpc) is 1.34. The zero-order valence-corrected chi connectivity index (χ0v) is 61.9. The van der Waals surface area contributed by atoms with E-state index in [-0.39, 0.29) is 49.7 Å². The van der Waals surface area contributed by atoms with Crippen molar-refractivity contribution >= 4 is 85.7 Å². The molecule has 10 nitrogen and oxygen atoms in total. The summed E-state index contributed by atoms with van der Waals surface area (Å²) in [4.78, 5) is 29.4. The lowest BCUT2D eigenvalue weighted by Crippen LogP contribution is -2.80. The van der Waals surface area contributed by atoms with Crippen LogP contribution in [-0.2, 0) is 11.8 Å². The Morgan fingerprint density at radius 2 is 0.770 bits per heavy atom. The Kier molecular flexibility index (Phi) is 18.7. The topological polar surface area (TPSA) is 100 Å². The van der Waals surface area contributed by atoms with E-state index in [9.17, 15) is 9.59 Å². The minimum absolute atomic E-state index is 0.0483. The molecule has 0 aliphatic carbocycles. The van der Waals surface area contributed by atoms with Crippen LogP contribution in [0.1, 0.15) is 212 Å². The highest BCUT2D eigenvalue weighted by molar-refractivity contribution is 9.10. The van der Waals surface area contributed by atoms with E-state index >= 15 is 0 Å². The maximum absolute atomic E-state index is 14.7. The molecule has 2 fully saturated rings. The highest BCUT2D eigenvalue weighted by Crippen LogP contribution is 2.68. The van der Waals surface area contributed by atoms with Crippen molar-refractivity contribution in [2.75, 3.05) is 0 Å². The van der Waals surface area contributed by atoms with Gasteiger partial charge in [-0.15, -0.1) is 0 Å². The molecule has 8 rings (SSSR count). The maximum Gasteiger partial charge on any atom is 0.286 e. The van der Waals surface area contributed by atoms with Crippen molar-refractivity contribution in [3.63, 3.8) is 0 Å². The second-order valence-corrected chi connectivity index (χ2v) is 34.8. The molecular weight excluding hydrogens is 1250 g/mol. The molecule has 2 aliphatic heterocycles. The first-order valence-electron chi connectivity index (χ1n) is 30.2. The van der Waals surface area contributed by atoms with E-state index in [0.717, 1.165) is 38.1 Å². The summed E-state index contributed by atoms with van der Waals surface area (Å²) in [7, 11) is 0. The third kappa shape index (κ3) is 11.6. The Hall–Kier alpha value is -3.91. The van der Waals surface area contributed by atoms with Gasteiger partial charge in [-0.3, -0.25) is 20.4 Å². The van der Waals surface area contributed by atoms with Crippen LogP contribution in [0.15, 0.2) is 89.4 Å². The highest BCUT2D eigenvalue weighted by Gasteiger charge is 2.70. The third-order valence-electron chi connectivity index (χ3n) is 23.3. The number of nitrogens with one attached hydrogen (secondary N) is 2. The van der Waals surface area contributed by atoms with Gasteiger partial charge in [0.15, 0.2) is 11.4 Å². The van der Waals surface area contributed by atoms with Gasteiger partial charge in [0.1, 0.15) is 0 Å². The quantitative estimate of drug-likeness (QED) is 0.150. The Balaban J connectivity index is 0.000000249. The van der Waals surface area contributed by atoms with Gasteiger partial charge in [0.2, 0.25) is 0 Å². The second-order valence-electron chi connectivity index (χ2n) is 31.8. The average molecular weight is 1350 g/mol. The van der Waals surface area contributed by atoms with E-state index in [4.69, 9.17) is 68.2 Å². The maximum atomic E-state index is 14.7. The Bertz CT molecular complexity index is 3550. The molecule has 0 bridgehead atoms. The predicted molar refractivity (Wildman–Crippen MR) is 370 cm³/mol. The first-order valence-corrected chi connectivity index (χ1v) is 32.9. The molecule has 87 heavy (non-hydrogen) atoms. The minimum atomic E-state index is -0.452. The summed E-state index contributed by atoms with van der Waals surface area (Å²) in [5, 5.41) is 17.0. The number of benzene rings is 4. The molecule has 2 aromatic heterocycles. The molecule has 16 heteroatoms. The number of hydrazine groups is 2. The number of hydrogen-bond donors (Lipinski definition) is 2. The van der Waals surface area contributed by atoms with E-state index in [1.807, 2.05) is 60.7 Å². The van der Waals surface area contributed by atoms with E-state index in [2.05, 4.69) is 217 Å². The zero-order chi connectivity index (χ0) is 66.1. The molecule has 2 N–H and O–H groups in total. The first-order chi connectivity index (χ1) is 39.3. The van der Waals surface area contributed by atoms with Crippen LogP contribution in [0.5, 0.6) is 0 Å². The van der Waals surface area contributed by atoms with Crippen molar-refractivity contribution in [2.24, 2.45) is 37.9 Å². The number of rotatable bonds is 9. The summed E-state index contributed by atoms with van der Waals surface area (Å²) in [5.74, 6) is -0.504. The van der Waals surface area contributed by atoms with E-state index < -0.39 is 27.6 Å². The lowest BCUT2D eigenvalue weighted by atomic mass is 9.42. The summed E-state index contributed by atoms with van der Waals surface area (Å²) in [6, 6.07) is 26.3. The molecule has 0 atom stereocenters. The Labute approximate surface area is 554 Å². The van der Waals surface area contributed by atoms with Gasteiger partial charge >= 0.3 is 0 Å². The molecule has 2 saturated heterocycles. The summed E-state index contributed by atoms with van der Waals surface area (Å²) in [6.45, 7) is 58.6. The molecule has 0 spiro atoms. The van der Waals surface area contributed by atoms with Gasteiger partial charge in [-0.1, -0.05) is 223 Å². The van der Waals surface area contributed by atoms with Gasteiger partial charge < -0.3 is 0 Å². The van der Waals surface area contributed by atoms with Crippen molar-refractivity contribution in [1.82, 2.24) is 40.4 Å². The predicted octanol–water partition coefficient (Wildman–Crippen LogP) is 21.2. The number of nitrogens with zero attached hydrogens (tertiary/aromatic N) is 6. The van der Waals surface area contributed by atoms with E-state index in [1.54, 1.807) is 33.6 Å². The number of piperidine rings is 2. The number of halogens is 6. The first kappa shape index (κ1) is 70.5. The molecule has 2 amide bonds. The number of amides is 2. The van der Waals surface area contributed by atoms with Crippen LogP contribution in [-0.4, -0.2) is 63.5 Å². The van der Waals surface area contributed by atoms with E-state index in [0.29, 0.717) is 54.3 Å². The monoisotopic (exact) mass is 1350 g/mol. The van der Waals surface area contributed by atoms with Gasteiger partial charge in [0.25, 0.3) is 11.8 Å². The normalized spacial score (nSPS) is 20.5. The van der Waals surface area contributed by atoms with Gasteiger partial charge in [-0.05, 0) is 166 Å². The molecule has 0 saturated carbocycles. The molecule has 0 radical (unpaired) electrons. The fourth-order valence-corrected chi connectivity index (χ4v) is 15.4. The minimum Gasteiger partial charge on any atom is -0.282 e. The summed E-state index contributed by atoms with van der Waals surface area (Å²) in [5.41, 5.74) is 10.9. The highest BCUT2D eigenvalue weighted by atomic mass is 79.9. The fourth-order valence-electron chi connectivity index (χ4n) is 14.1. The fraction of sp³-hybridized carbons (Fsp3) is 0.549. The van der Waals surface area contributed by atoms with Crippen LogP contribution in [0.3, 0.4) is 0 Å². The lowest BCUT2D eigenvalue weighted by Gasteiger charge is -2.73. The second kappa shape index (κ2) is 23.0. The molecular formula is C71H96BrCl5N8O2. The molecule has 6 aromatic rings. The van der Waals surface area contributed by atoms with Crippen LogP contribution in [0.25, 0.3) is 33.9 Å². The standard InChI is InChI=1S/C36H49BrCl2N4O.C35H47Cl3N4O/c1-31(2,3)21-25-28(30(44)41-43-35(10,11)33(6,7)32(4,5)34(8,9)36(43,12)13)40-42(27-19-18-24(38)20-26(27)39)29(25)22-14-16-23(37)17-15-22;1-30(2,3)26-27(29(43)40-42-34(10,11)32(6,7)31(4,5)33(8,9)35(42,12)13)39-41(25-19-18-23(37)20-24(25)38)28(26)21-14-16-22(36)17-15-21/h14-20H,21H2,1-13H3,(H,41,44);14-20H,1-13H3,(H,40,43). The van der Waals surface area contributed by atoms with Crippen molar-refractivity contribution in [1.29, 1.82) is 0 Å². The van der Waals surface area contributed by atoms with Crippen molar-refractivity contribution in [3.8, 4) is 33.9 Å². The number of hydrogen-bond acceptors (Lipinski definition) is 6. The van der Waals surface area contributed by atoms with Crippen molar-refractivity contribution in [3.05, 3.63) is 137 Å². The van der Waals surface area contributed by atoms with Gasteiger partial charge in [0, 0.05) is 64.0 Å². The largest absolute Gasteiger partial charge is 0.286 e. The lowest BCUT2D eigenvalue weighted by molar-refractivity contribution is -0.259. The zero-order valence-electron chi connectivity index (χ0n) is 56.6. The van der Waals surface area contributed by atoms with Crippen LogP contribution in [0.4, 0.5) is 0 Å². The molecule has 4 heterocycles. The molecule has 2 aliphatic rings. The van der Waals surface area contributed by atoms with Crippen molar-refractivity contribution < 1.29 is 9.59 Å². The van der Waals surface area contributed by atoms with E-state index in [1.165, 1.54) is 0 Å². The van der Waals surface area contributed by atoms with Crippen LogP contribution < -0.4 is 10.9 Å². The molecule has 0 unspecified atom stereocenters. The van der Waals surface area contributed by atoms with Gasteiger partial charge in [-0.2, -0.15) is 10.2 Å². The third-order valence-corrected chi connectivity index (χ3v) is 25.2. The van der Waals surface area contributed by atoms with Gasteiger partial charge in [-0.25, -0.2) is 19.4 Å². The number of aromatic nitrogens is 4. The summed E-state index contributed by atoms with van der Waals surface area (Å²) in [6.07, 6.45) is 0.628. The summed E-state index contributed by atoms with van der Waals surface area (Å²) >= 11 is 35.9. The van der Waals surface area contributed by atoms with Crippen LogP contribution >= 0.6 is 73.9 Å². The molecule has 474 valence electrons. The Morgan fingerprint density at radius 3 is 1.13 bits per heavy atom. The van der Waals surface area contributed by atoms with Crippen LogP contribution in [0, 0.1) is 37.9 Å². The molecule has 4 aromatic carbocycles. The summed E-state index contributed by atoms with van der Waals surface area (Å²) < 4.78 is 4.54. The van der Waals surface area contributed by atoms with Gasteiger partial charge in [0.05, 0.1) is 32.8 Å². The number of carbonyl (C=O) groups is 2. The SMILES string of the molecule is CC(C)(C)Cc1c(C(=O)NN2C(C)(C)C(C)(C)C(C)(C)C(C)(C)C2(C)C)nn(-c2ccc(Cl)cc2Cl)c1-c1ccc(Br)cc1.CC(C)(C)c1c(C(=O)NN2C(C)(C)C(C)(C)C(C)(C)C(C)(C)C2(C)C)nn(-c2ccc(Cl)cc2Cl)c1-c1ccc(Cl)cc1. The van der Waals surface area contributed by atoms with Crippen molar-refractivity contribution in [2.45, 2.75) is 214 Å².